The molecule has 1 N–H and O–H groups in total. The highest BCUT2D eigenvalue weighted by atomic mass is 16.3. The average Bonchev–Trinajstić information content (AvgIpc) is 3.14. The smallest absolute Gasteiger partial charge is 0.255 e. The Bertz CT molecular complexity index is 722. The van der Waals surface area contributed by atoms with Gasteiger partial charge in [0.15, 0.2) is 0 Å². The van der Waals surface area contributed by atoms with Crippen LogP contribution in [0.15, 0.2) is 18.5 Å². The minimum absolute atomic E-state index is 0.000449. The van der Waals surface area contributed by atoms with Crippen LogP contribution < -0.4 is 0 Å². The van der Waals surface area contributed by atoms with E-state index >= 15 is 0 Å². The Labute approximate surface area is 141 Å². The summed E-state index contributed by atoms with van der Waals surface area (Å²) in [5, 5.41) is 18.6. The maximum Gasteiger partial charge on any atom is 0.255 e. The van der Waals surface area contributed by atoms with Gasteiger partial charge in [-0.05, 0) is 39.7 Å². The van der Waals surface area contributed by atoms with Crippen molar-refractivity contribution in [3.8, 4) is 0 Å². The Hall–Kier alpha value is -2.15. The molecule has 0 spiro atoms. The van der Waals surface area contributed by atoms with Gasteiger partial charge in [0, 0.05) is 30.7 Å². The summed E-state index contributed by atoms with van der Waals surface area (Å²) in [7, 11) is 0. The van der Waals surface area contributed by atoms with Gasteiger partial charge in [-0.3, -0.25) is 4.79 Å². The van der Waals surface area contributed by atoms with Crippen LogP contribution in [-0.2, 0) is 13.1 Å². The van der Waals surface area contributed by atoms with Crippen LogP contribution in [0.25, 0.3) is 0 Å². The van der Waals surface area contributed by atoms with Gasteiger partial charge in [0.1, 0.15) is 5.60 Å². The lowest BCUT2D eigenvalue weighted by Crippen LogP contribution is -2.52. The van der Waals surface area contributed by atoms with Crippen LogP contribution in [0.2, 0.25) is 0 Å². The van der Waals surface area contributed by atoms with Crippen LogP contribution in [0, 0.1) is 13.8 Å². The van der Waals surface area contributed by atoms with Crippen LogP contribution >= 0.6 is 0 Å². The van der Waals surface area contributed by atoms with E-state index in [1.807, 2.05) is 19.9 Å². The lowest BCUT2D eigenvalue weighted by Gasteiger charge is -2.39. The summed E-state index contributed by atoms with van der Waals surface area (Å²) in [5.41, 5.74) is 1.86. The van der Waals surface area contributed by atoms with Gasteiger partial charge in [-0.1, -0.05) is 5.21 Å². The first-order valence-electron chi connectivity index (χ1n) is 8.46. The van der Waals surface area contributed by atoms with Crippen molar-refractivity contribution in [1.82, 2.24) is 24.5 Å². The quantitative estimate of drug-likeness (QED) is 0.918. The van der Waals surface area contributed by atoms with E-state index in [4.69, 9.17) is 0 Å². The highest BCUT2D eigenvalue weighted by Crippen LogP contribution is 2.25. The standard InChI is InChI=1S/C17H25N5O2/c1-4-22-13(2)10-15(14(22)3)16(23)20-8-5-6-17(24,11-20)12-21-9-7-18-19-21/h7,9-10,24H,4-6,8,11-12H2,1-3H3. The lowest BCUT2D eigenvalue weighted by atomic mass is 9.92. The fraction of sp³-hybridized carbons (Fsp3) is 0.588. The molecule has 7 nitrogen and oxygen atoms in total. The number of amides is 1. The highest BCUT2D eigenvalue weighted by molar-refractivity contribution is 5.95. The zero-order valence-corrected chi connectivity index (χ0v) is 14.6. The molecule has 1 amide bonds. The third-order valence-corrected chi connectivity index (χ3v) is 4.89. The highest BCUT2D eigenvalue weighted by Gasteiger charge is 2.36. The van der Waals surface area contributed by atoms with Crippen LogP contribution in [0.4, 0.5) is 0 Å². The van der Waals surface area contributed by atoms with Gasteiger partial charge >= 0.3 is 0 Å². The number of hydrogen-bond donors (Lipinski definition) is 1. The Morgan fingerprint density at radius 1 is 1.42 bits per heavy atom. The molecular formula is C17H25N5O2. The Kier molecular flexibility index (Phi) is 4.45. The van der Waals surface area contributed by atoms with Crippen molar-refractivity contribution in [1.29, 1.82) is 0 Å². The number of hydrogen-bond acceptors (Lipinski definition) is 4. The molecule has 1 saturated heterocycles. The molecule has 1 aliphatic heterocycles. The van der Waals surface area contributed by atoms with Crippen LogP contribution in [0.5, 0.6) is 0 Å². The van der Waals surface area contributed by atoms with Crippen molar-refractivity contribution in [3.05, 3.63) is 35.4 Å². The van der Waals surface area contributed by atoms with E-state index in [1.165, 1.54) is 0 Å². The summed E-state index contributed by atoms with van der Waals surface area (Å²) in [6.45, 7) is 8.27. The minimum Gasteiger partial charge on any atom is -0.386 e. The van der Waals surface area contributed by atoms with Crippen molar-refractivity contribution >= 4 is 5.91 Å². The molecule has 0 bridgehead atoms. The first kappa shape index (κ1) is 16.7. The van der Waals surface area contributed by atoms with Crippen LogP contribution in [0.1, 0.15) is 41.5 Å². The largest absolute Gasteiger partial charge is 0.386 e. The number of aryl methyl sites for hydroxylation is 1. The summed E-state index contributed by atoms with van der Waals surface area (Å²) in [6.07, 6.45) is 4.76. The molecule has 7 heteroatoms. The molecule has 3 heterocycles. The summed E-state index contributed by atoms with van der Waals surface area (Å²) in [5.74, 6) is -0.000449. The molecule has 1 fully saturated rings. The van der Waals surface area contributed by atoms with Gasteiger partial charge < -0.3 is 14.6 Å². The summed E-state index contributed by atoms with van der Waals surface area (Å²) < 4.78 is 3.76. The summed E-state index contributed by atoms with van der Waals surface area (Å²) >= 11 is 0. The fourth-order valence-corrected chi connectivity index (χ4v) is 3.71. The molecule has 2 aromatic rings. The zero-order chi connectivity index (χ0) is 17.3. The predicted octanol–water partition coefficient (Wildman–Crippen LogP) is 1.38. The number of carbonyl (C=O) groups is 1. The van der Waals surface area contributed by atoms with E-state index < -0.39 is 5.60 Å². The third kappa shape index (κ3) is 3.08. The molecule has 0 saturated carbocycles. The maximum atomic E-state index is 13.0. The van der Waals surface area contributed by atoms with Gasteiger partial charge in [-0.2, -0.15) is 0 Å². The summed E-state index contributed by atoms with van der Waals surface area (Å²) in [6, 6.07) is 1.95. The fourth-order valence-electron chi connectivity index (χ4n) is 3.71. The molecule has 130 valence electrons. The van der Waals surface area contributed by atoms with Crippen molar-refractivity contribution in [2.24, 2.45) is 0 Å². The predicted molar refractivity (Wildman–Crippen MR) is 89.7 cm³/mol. The van der Waals surface area contributed by atoms with Gasteiger partial charge in [0.25, 0.3) is 5.91 Å². The SMILES string of the molecule is CCn1c(C)cc(C(=O)N2CCCC(O)(Cn3ccnn3)C2)c1C. The van der Waals surface area contributed by atoms with Gasteiger partial charge in [0.05, 0.1) is 24.8 Å². The topological polar surface area (TPSA) is 76.2 Å². The lowest BCUT2D eigenvalue weighted by molar-refractivity contribution is -0.0387. The second-order valence-electron chi connectivity index (χ2n) is 6.68. The molecule has 1 unspecified atom stereocenters. The first-order valence-corrected chi connectivity index (χ1v) is 8.46. The van der Waals surface area contributed by atoms with Crippen LogP contribution in [0.3, 0.4) is 0 Å². The van der Waals surface area contributed by atoms with E-state index in [-0.39, 0.29) is 5.91 Å². The molecule has 1 aliphatic rings. The number of β-amino-alcohol motifs (C(OH)–C–C–N with tert-alkyl or cyclic N) is 1. The number of piperidine rings is 1. The van der Waals surface area contributed by atoms with Gasteiger partial charge in [-0.15, -0.1) is 5.10 Å². The van der Waals surface area contributed by atoms with Crippen molar-refractivity contribution < 1.29 is 9.90 Å². The number of rotatable bonds is 4. The average molecular weight is 331 g/mol. The number of likely N-dealkylation sites (tertiary alicyclic amines) is 1. The van der Waals surface area contributed by atoms with E-state index in [0.29, 0.717) is 26.1 Å². The number of aliphatic hydroxyl groups is 1. The third-order valence-electron chi connectivity index (χ3n) is 4.89. The second-order valence-corrected chi connectivity index (χ2v) is 6.68. The van der Waals surface area contributed by atoms with Gasteiger partial charge in [0.2, 0.25) is 0 Å². The molecular weight excluding hydrogens is 306 g/mol. The molecule has 1 atom stereocenters. The molecule has 0 aromatic carbocycles. The normalized spacial score (nSPS) is 21.2. The Morgan fingerprint density at radius 3 is 2.83 bits per heavy atom. The molecule has 0 radical (unpaired) electrons. The van der Waals surface area contributed by atoms with Crippen LogP contribution in [-0.4, -0.2) is 54.2 Å². The molecule has 3 rings (SSSR count). The monoisotopic (exact) mass is 331 g/mol. The second kappa shape index (κ2) is 6.39. The zero-order valence-electron chi connectivity index (χ0n) is 14.6. The molecule has 2 aromatic heterocycles. The Balaban J connectivity index is 1.78. The maximum absolute atomic E-state index is 13.0. The number of carbonyl (C=O) groups excluding carboxylic acids is 1. The van der Waals surface area contributed by atoms with E-state index in [0.717, 1.165) is 29.9 Å². The number of aromatic nitrogens is 4. The van der Waals surface area contributed by atoms with E-state index in [2.05, 4.69) is 21.8 Å². The minimum atomic E-state index is -0.960. The van der Waals surface area contributed by atoms with Crippen molar-refractivity contribution in [2.45, 2.75) is 52.3 Å². The number of nitrogens with zero attached hydrogens (tertiary/aromatic N) is 5. The molecule has 0 aliphatic carbocycles. The molecule has 24 heavy (non-hydrogen) atoms. The Morgan fingerprint density at radius 2 is 2.21 bits per heavy atom. The van der Waals surface area contributed by atoms with E-state index in [1.54, 1.807) is 22.0 Å². The van der Waals surface area contributed by atoms with Crippen molar-refractivity contribution in [2.75, 3.05) is 13.1 Å². The first-order chi connectivity index (χ1) is 11.4. The van der Waals surface area contributed by atoms with Gasteiger partial charge in [-0.25, -0.2) is 4.68 Å². The van der Waals surface area contributed by atoms with E-state index in [9.17, 15) is 9.90 Å². The van der Waals surface area contributed by atoms with Crippen molar-refractivity contribution in [3.63, 3.8) is 0 Å². The summed E-state index contributed by atoms with van der Waals surface area (Å²) in [4.78, 5) is 14.7.